The van der Waals surface area contributed by atoms with Crippen LogP contribution in [0.15, 0.2) is 73.2 Å². The second kappa shape index (κ2) is 12.0. The van der Waals surface area contributed by atoms with Crippen LogP contribution in [0.4, 0.5) is 48.3 Å². The van der Waals surface area contributed by atoms with Gasteiger partial charge in [-0.05, 0) is 55.0 Å². The number of aryl methyl sites for hydroxylation is 1. The molecule has 0 atom stereocenters. The Balaban J connectivity index is 1.30. The van der Waals surface area contributed by atoms with E-state index in [2.05, 4.69) is 30.7 Å². The van der Waals surface area contributed by atoms with E-state index in [1.165, 1.54) is 25.5 Å². The van der Waals surface area contributed by atoms with E-state index in [1.54, 1.807) is 30.3 Å². The maximum Gasteiger partial charge on any atom is 0.435 e. The highest BCUT2D eigenvalue weighted by Gasteiger charge is 2.35. The van der Waals surface area contributed by atoms with Gasteiger partial charge in [0.05, 0.1) is 40.0 Å². The number of pyridine rings is 1. The minimum Gasteiger partial charge on any atom is -0.424 e. The lowest BCUT2D eigenvalue weighted by Crippen LogP contribution is -2.21. The monoisotopic (exact) mass is 648 g/mol. The Morgan fingerprint density at radius 3 is 2.20 bits per heavy atom. The van der Waals surface area contributed by atoms with Gasteiger partial charge in [0.1, 0.15) is 11.6 Å². The molecule has 17 heteroatoms. The van der Waals surface area contributed by atoms with Gasteiger partial charge in [-0.1, -0.05) is 23.7 Å². The minimum atomic E-state index is -4.80. The molecule has 0 bridgehead atoms. The number of aromatic nitrogens is 5. The van der Waals surface area contributed by atoms with Crippen LogP contribution in [0.2, 0.25) is 5.02 Å². The number of halogens is 7. The zero-order valence-electron chi connectivity index (χ0n) is 22.7. The zero-order chi connectivity index (χ0) is 32.5. The molecule has 0 aliphatic carbocycles. The second-order valence-corrected chi connectivity index (χ2v) is 9.79. The average molecular weight is 649 g/mol. The van der Waals surface area contributed by atoms with Crippen LogP contribution in [0, 0.1) is 6.92 Å². The fourth-order valence-electron chi connectivity index (χ4n) is 4.06. The van der Waals surface area contributed by atoms with Crippen LogP contribution in [-0.4, -0.2) is 30.8 Å². The Morgan fingerprint density at radius 2 is 1.58 bits per heavy atom. The number of anilines is 3. The molecule has 0 aliphatic heterocycles. The fraction of sp³-hybridized carbons (Fsp3) is 0.107. The number of urea groups is 1. The summed E-state index contributed by atoms with van der Waals surface area (Å²) >= 11 is 6.00. The van der Waals surface area contributed by atoms with Gasteiger partial charge in [0.2, 0.25) is 0 Å². The molecule has 0 spiro atoms. The standard InChI is InChI=1S/C28H19ClF6N8O2/c1-14-8-23(28(33,34)35)42-43(14)22-7-4-16(27(30,31)32)9-21(22)41-25(44)40-18-12-38-26(39-13-18)45-19-5-2-15(3-6-19)20-10-17(29)11-37-24(20)36/h2-13H,1H3,(H2,36,37)(H2,40,41,44). The highest BCUT2D eigenvalue weighted by Crippen LogP contribution is 2.35. The van der Waals surface area contributed by atoms with Crippen LogP contribution in [-0.2, 0) is 12.4 Å². The summed E-state index contributed by atoms with van der Waals surface area (Å²) < 4.78 is 86.2. The highest BCUT2D eigenvalue weighted by molar-refractivity contribution is 6.30. The molecule has 4 N–H and O–H groups in total. The summed E-state index contributed by atoms with van der Waals surface area (Å²) in [5.41, 5.74) is 4.18. The van der Waals surface area contributed by atoms with Crippen molar-refractivity contribution in [1.82, 2.24) is 24.7 Å². The Bertz CT molecular complexity index is 1860. The smallest absolute Gasteiger partial charge is 0.424 e. The van der Waals surface area contributed by atoms with E-state index >= 15 is 0 Å². The van der Waals surface area contributed by atoms with Crippen molar-refractivity contribution in [1.29, 1.82) is 0 Å². The summed E-state index contributed by atoms with van der Waals surface area (Å²) in [5, 5.41) is 8.45. The molecule has 5 aromatic rings. The van der Waals surface area contributed by atoms with Crippen molar-refractivity contribution < 1.29 is 35.9 Å². The van der Waals surface area contributed by atoms with Crippen molar-refractivity contribution in [3.63, 3.8) is 0 Å². The molecule has 0 saturated heterocycles. The van der Waals surface area contributed by atoms with E-state index in [0.29, 0.717) is 34.3 Å². The number of nitrogens with one attached hydrogen (secondary N) is 2. The molecule has 0 aliphatic rings. The van der Waals surface area contributed by atoms with Crippen LogP contribution in [0.5, 0.6) is 11.8 Å². The molecule has 5 rings (SSSR count). The van der Waals surface area contributed by atoms with Gasteiger partial charge in [-0.25, -0.2) is 24.4 Å². The number of amides is 2. The predicted octanol–water partition coefficient (Wildman–Crippen LogP) is 7.74. The molecule has 10 nitrogen and oxygen atoms in total. The van der Waals surface area contributed by atoms with Gasteiger partial charge in [-0.2, -0.15) is 31.4 Å². The van der Waals surface area contributed by atoms with Gasteiger partial charge in [-0.3, -0.25) is 0 Å². The summed E-state index contributed by atoms with van der Waals surface area (Å²) in [6.45, 7) is 1.28. The first kappa shape index (κ1) is 31.1. The van der Waals surface area contributed by atoms with E-state index in [1.807, 2.05) is 0 Å². The molecule has 0 radical (unpaired) electrons. The number of rotatable bonds is 6. The summed E-state index contributed by atoms with van der Waals surface area (Å²) in [6, 6.07) is 10.1. The van der Waals surface area contributed by atoms with Crippen LogP contribution in [0.25, 0.3) is 16.8 Å². The molecule has 3 aromatic heterocycles. The molecule has 232 valence electrons. The topological polar surface area (TPSA) is 133 Å². The average Bonchev–Trinajstić information content (AvgIpc) is 3.37. The molecule has 0 fully saturated rings. The predicted molar refractivity (Wildman–Crippen MR) is 152 cm³/mol. The summed E-state index contributed by atoms with van der Waals surface area (Å²) in [6.07, 6.45) is -5.82. The fourth-order valence-corrected chi connectivity index (χ4v) is 4.22. The molecule has 0 saturated carbocycles. The summed E-state index contributed by atoms with van der Waals surface area (Å²) in [7, 11) is 0. The number of hydrogen-bond donors (Lipinski definition) is 3. The largest absolute Gasteiger partial charge is 0.435 e. The van der Waals surface area contributed by atoms with E-state index in [0.717, 1.165) is 22.4 Å². The third-order valence-electron chi connectivity index (χ3n) is 6.12. The first-order valence-corrected chi connectivity index (χ1v) is 13.0. The van der Waals surface area contributed by atoms with Gasteiger partial charge < -0.3 is 21.1 Å². The number of carbonyl (C=O) groups excluding carboxylic acids is 1. The summed E-state index contributed by atoms with van der Waals surface area (Å²) in [5.74, 6) is 0.658. The molecule has 3 heterocycles. The third kappa shape index (κ3) is 7.23. The van der Waals surface area contributed by atoms with Crippen molar-refractivity contribution in [2.45, 2.75) is 19.3 Å². The Kier molecular flexibility index (Phi) is 8.25. The van der Waals surface area contributed by atoms with E-state index in [-0.39, 0.29) is 23.1 Å². The van der Waals surface area contributed by atoms with Crippen molar-refractivity contribution in [2.75, 3.05) is 16.4 Å². The van der Waals surface area contributed by atoms with Crippen LogP contribution >= 0.6 is 11.6 Å². The number of nitrogen functional groups attached to an aromatic ring is 1. The maximum absolute atomic E-state index is 13.4. The number of hydrogen-bond acceptors (Lipinski definition) is 7. The zero-order valence-corrected chi connectivity index (χ0v) is 23.5. The number of benzene rings is 2. The van der Waals surface area contributed by atoms with E-state index < -0.39 is 35.3 Å². The quantitative estimate of drug-likeness (QED) is 0.160. The number of alkyl halides is 6. The van der Waals surface area contributed by atoms with Gasteiger partial charge in [0, 0.05) is 17.5 Å². The normalized spacial score (nSPS) is 11.7. The number of nitrogens with zero attached hydrogens (tertiary/aromatic N) is 5. The molecule has 45 heavy (non-hydrogen) atoms. The highest BCUT2D eigenvalue weighted by atomic mass is 35.5. The van der Waals surface area contributed by atoms with Crippen LogP contribution in [0.3, 0.4) is 0 Å². The first-order chi connectivity index (χ1) is 21.2. The second-order valence-electron chi connectivity index (χ2n) is 9.36. The lowest BCUT2D eigenvalue weighted by Gasteiger charge is -2.16. The Labute approximate surface area is 254 Å². The van der Waals surface area contributed by atoms with Gasteiger partial charge in [0.15, 0.2) is 5.69 Å². The molecular formula is C28H19ClF6N8O2. The van der Waals surface area contributed by atoms with E-state index in [9.17, 15) is 31.1 Å². The number of ether oxygens (including phenoxy) is 1. The first-order valence-electron chi connectivity index (χ1n) is 12.6. The SMILES string of the molecule is Cc1cc(C(F)(F)F)nn1-c1ccc(C(F)(F)F)cc1NC(=O)Nc1cnc(Oc2ccc(-c3cc(Cl)cnc3N)cc2)nc1. The van der Waals surface area contributed by atoms with Crippen molar-refractivity contribution in [2.24, 2.45) is 0 Å². The Morgan fingerprint density at radius 1 is 0.889 bits per heavy atom. The van der Waals surface area contributed by atoms with Crippen molar-refractivity contribution in [3.8, 4) is 28.6 Å². The lowest BCUT2D eigenvalue weighted by molar-refractivity contribution is -0.141. The van der Waals surface area contributed by atoms with E-state index in [4.69, 9.17) is 22.1 Å². The lowest BCUT2D eigenvalue weighted by atomic mass is 10.1. The molecular weight excluding hydrogens is 630 g/mol. The molecule has 2 amide bonds. The van der Waals surface area contributed by atoms with Gasteiger partial charge in [0.25, 0.3) is 0 Å². The Hall–Kier alpha value is -5.38. The maximum atomic E-state index is 13.4. The third-order valence-corrected chi connectivity index (χ3v) is 6.33. The van der Waals surface area contributed by atoms with Crippen molar-refractivity contribution >= 4 is 34.8 Å². The van der Waals surface area contributed by atoms with Crippen LogP contribution < -0.4 is 21.1 Å². The molecule has 2 aromatic carbocycles. The van der Waals surface area contributed by atoms with Crippen LogP contribution in [0.1, 0.15) is 17.0 Å². The van der Waals surface area contributed by atoms with Crippen molar-refractivity contribution in [3.05, 3.63) is 95.2 Å². The summed E-state index contributed by atoms with van der Waals surface area (Å²) in [4.78, 5) is 24.7. The number of nitrogens with two attached hydrogens (primary N) is 1. The molecule has 0 unspecified atom stereocenters. The minimum absolute atomic E-state index is 0.0299. The van der Waals surface area contributed by atoms with Gasteiger partial charge in [-0.15, -0.1) is 0 Å². The van der Waals surface area contributed by atoms with Gasteiger partial charge >= 0.3 is 24.4 Å². The number of carbonyl (C=O) groups is 1.